The first-order valence-corrected chi connectivity index (χ1v) is 17.2. The Morgan fingerprint density at radius 1 is 0.872 bits per heavy atom. The number of rotatable bonds is 12. The summed E-state index contributed by atoms with van der Waals surface area (Å²) >= 11 is 0. The van der Waals surface area contributed by atoms with Gasteiger partial charge >= 0.3 is 18.0 Å². The van der Waals surface area contributed by atoms with Crippen LogP contribution >= 0.6 is 0 Å². The normalized spacial score (nSPS) is 31.9. The van der Waals surface area contributed by atoms with E-state index in [1.807, 2.05) is 0 Å². The quantitative estimate of drug-likeness (QED) is 0.179. The van der Waals surface area contributed by atoms with Crippen molar-refractivity contribution >= 4 is 41.5 Å². The first kappa shape index (κ1) is 36.1. The van der Waals surface area contributed by atoms with Crippen LogP contribution in [0.5, 0.6) is 0 Å². The summed E-state index contributed by atoms with van der Waals surface area (Å²) in [7, 11) is 0. The molecule has 7 N–H and O–H groups in total. The van der Waals surface area contributed by atoms with Crippen LogP contribution in [0.1, 0.15) is 103 Å². The van der Waals surface area contributed by atoms with Gasteiger partial charge in [-0.25, -0.2) is 4.79 Å². The van der Waals surface area contributed by atoms with Gasteiger partial charge in [0.2, 0.25) is 17.7 Å². The van der Waals surface area contributed by atoms with Gasteiger partial charge in [-0.3, -0.25) is 28.8 Å². The van der Waals surface area contributed by atoms with E-state index in [9.17, 15) is 43.8 Å². The molecule has 1 heterocycles. The number of Topliss-reactive ketones (excluding diaryl/α,β-unsaturated/α-hetero) is 1. The van der Waals surface area contributed by atoms with Crippen molar-refractivity contribution in [1.29, 1.82) is 0 Å². The highest BCUT2D eigenvalue weighted by atomic mass is 16.4. The molecule has 4 aliphatic rings. The summed E-state index contributed by atoms with van der Waals surface area (Å²) in [5.74, 6) is -7.33. The molecule has 0 radical (unpaired) electrons. The highest BCUT2D eigenvalue weighted by Crippen LogP contribution is 2.39. The number of carbonyl (C=O) groups is 7. The van der Waals surface area contributed by atoms with Gasteiger partial charge in [0.25, 0.3) is 0 Å². The van der Waals surface area contributed by atoms with E-state index in [1.54, 1.807) is 0 Å². The number of aliphatic carboxylic acids is 2. The summed E-state index contributed by atoms with van der Waals surface area (Å²) in [5.41, 5.74) is 5.49. The lowest BCUT2D eigenvalue weighted by Gasteiger charge is -2.41. The Morgan fingerprint density at radius 2 is 1.55 bits per heavy atom. The highest BCUT2D eigenvalue weighted by Gasteiger charge is 2.49. The lowest BCUT2D eigenvalue weighted by molar-refractivity contribution is -0.144. The number of ketones is 1. The van der Waals surface area contributed by atoms with Crippen molar-refractivity contribution in [1.82, 2.24) is 20.9 Å². The van der Waals surface area contributed by atoms with Crippen molar-refractivity contribution in [2.45, 2.75) is 127 Å². The number of urea groups is 1. The van der Waals surface area contributed by atoms with Gasteiger partial charge in [0.15, 0.2) is 0 Å². The van der Waals surface area contributed by atoms with E-state index in [2.05, 4.69) is 22.9 Å². The zero-order valence-electron chi connectivity index (χ0n) is 27.3. The minimum atomic E-state index is -1.38. The van der Waals surface area contributed by atoms with Crippen LogP contribution in [-0.2, 0) is 28.8 Å². The summed E-state index contributed by atoms with van der Waals surface area (Å²) in [4.78, 5) is 89.4. The van der Waals surface area contributed by atoms with Crippen LogP contribution in [0.25, 0.3) is 0 Å². The minimum absolute atomic E-state index is 0.0646. The molecule has 3 saturated carbocycles. The molecule has 14 nitrogen and oxygen atoms in total. The summed E-state index contributed by atoms with van der Waals surface area (Å²) in [6, 6.07) is -0.843. The number of hydrogen-bond acceptors (Lipinski definition) is 7. The van der Waals surface area contributed by atoms with Crippen LogP contribution in [0.15, 0.2) is 0 Å². The molecule has 4 rings (SSSR count). The molecule has 0 aromatic carbocycles. The number of carboxylic acid groups (broad SMARTS) is 2. The lowest BCUT2D eigenvalue weighted by Crippen LogP contribution is -2.52. The number of fused-ring (bicyclic) bond motifs is 1. The molecule has 47 heavy (non-hydrogen) atoms. The van der Waals surface area contributed by atoms with Crippen molar-refractivity contribution in [3.8, 4) is 0 Å². The van der Waals surface area contributed by atoms with E-state index in [0.717, 1.165) is 44.9 Å². The molecule has 0 aromatic rings. The minimum Gasteiger partial charge on any atom is -0.481 e. The summed E-state index contributed by atoms with van der Waals surface area (Å²) in [6.07, 6.45) is 7.50. The van der Waals surface area contributed by atoms with E-state index in [0.29, 0.717) is 25.2 Å². The molecular formula is C33H51N5O9. The Balaban J connectivity index is 1.32. The second-order valence-corrected chi connectivity index (χ2v) is 14.2. The number of likely N-dealkylation sites (tertiary alicyclic amines) is 1. The van der Waals surface area contributed by atoms with E-state index < -0.39 is 66.2 Å². The third kappa shape index (κ3) is 9.90. The highest BCUT2D eigenvalue weighted by molar-refractivity contribution is 5.96. The van der Waals surface area contributed by atoms with E-state index in [-0.39, 0.29) is 55.4 Å². The number of amides is 5. The van der Waals surface area contributed by atoms with Crippen LogP contribution in [0, 0.1) is 29.6 Å². The van der Waals surface area contributed by atoms with Gasteiger partial charge in [-0.15, -0.1) is 0 Å². The molecule has 4 fully saturated rings. The van der Waals surface area contributed by atoms with Crippen LogP contribution in [0.2, 0.25) is 0 Å². The molecule has 1 saturated heterocycles. The predicted octanol–water partition coefficient (Wildman–Crippen LogP) is 1.94. The van der Waals surface area contributed by atoms with Gasteiger partial charge < -0.3 is 36.8 Å². The van der Waals surface area contributed by atoms with Gasteiger partial charge in [-0.1, -0.05) is 19.8 Å². The average Bonchev–Trinajstić information content (AvgIpc) is 3.10. The summed E-state index contributed by atoms with van der Waals surface area (Å²) in [5, 5.41) is 27.9. The van der Waals surface area contributed by atoms with Gasteiger partial charge in [-0.05, 0) is 69.6 Å². The molecule has 0 bridgehead atoms. The molecular weight excluding hydrogens is 610 g/mol. The predicted molar refractivity (Wildman–Crippen MR) is 169 cm³/mol. The number of nitrogens with two attached hydrogens (primary N) is 1. The van der Waals surface area contributed by atoms with Gasteiger partial charge in [0, 0.05) is 55.4 Å². The van der Waals surface area contributed by atoms with Gasteiger partial charge in [-0.2, -0.15) is 0 Å². The first-order chi connectivity index (χ1) is 22.3. The van der Waals surface area contributed by atoms with Crippen LogP contribution in [0.4, 0.5) is 4.79 Å². The van der Waals surface area contributed by atoms with E-state index >= 15 is 0 Å². The van der Waals surface area contributed by atoms with Gasteiger partial charge in [0.05, 0.1) is 18.8 Å². The molecule has 0 aromatic heterocycles. The third-order valence-electron chi connectivity index (χ3n) is 10.9. The summed E-state index contributed by atoms with van der Waals surface area (Å²) in [6.45, 7) is 2.06. The number of hydrogen-bond donors (Lipinski definition) is 6. The summed E-state index contributed by atoms with van der Waals surface area (Å²) < 4.78 is 0. The number of carboxylic acids is 2. The standard InChI is InChI=1S/C33H51N5O9/c1-18-4-2-3-5-25(18)37-33(47)36-20-8-6-19(7-9-20)14-27(39)35-21-10-11-26-24(15-21)31(45)22(23(32(34)46)17-30(43)44)16-28(40)38(26)13-12-29(41)42/h18-26H,2-17H2,1H3,(H2,34,46)(H,35,39)(H,41,42)(H,43,44)(H2,36,37,47). The second kappa shape index (κ2) is 16.4. The molecule has 5 amide bonds. The van der Waals surface area contributed by atoms with Crippen molar-refractivity contribution < 1.29 is 43.8 Å². The molecule has 7 atom stereocenters. The molecule has 14 heteroatoms. The largest absolute Gasteiger partial charge is 0.481 e. The fourth-order valence-electron chi connectivity index (χ4n) is 8.29. The van der Waals surface area contributed by atoms with Crippen LogP contribution in [-0.4, -0.2) is 87.3 Å². The Labute approximate surface area is 275 Å². The smallest absolute Gasteiger partial charge is 0.315 e. The Bertz CT molecular complexity index is 1200. The number of nitrogens with zero attached hydrogens (tertiary/aromatic N) is 1. The third-order valence-corrected chi connectivity index (χ3v) is 10.9. The number of nitrogens with one attached hydrogen (secondary N) is 3. The Hall–Kier alpha value is -3.71. The lowest BCUT2D eigenvalue weighted by atomic mass is 9.72. The molecule has 0 spiro atoms. The topological polar surface area (TPSA) is 225 Å². The fraction of sp³-hybridized carbons (Fsp3) is 0.788. The zero-order valence-corrected chi connectivity index (χ0v) is 27.3. The maximum Gasteiger partial charge on any atom is 0.315 e. The second-order valence-electron chi connectivity index (χ2n) is 14.2. The maximum atomic E-state index is 13.9. The SMILES string of the molecule is CC1CCCCC1NC(=O)NC1CCC(CC(=O)NC2CCC3C(C2)C(=O)C(C(CC(=O)O)C(N)=O)CC(=O)N3CCC(=O)O)CC1. The number of carbonyl (C=O) groups excluding carboxylic acids is 5. The number of primary amides is 1. The van der Waals surface area contributed by atoms with Crippen molar-refractivity contribution in [2.24, 2.45) is 35.3 Å². The first-order valence-electron chi connectivity index (χ1n) is 17.2. The monoisotopic (exact) mass is 661 g/mol. The Kier molecular flexibility index (Phi) is 12.6. The molecule has 262 valence electrons. The Morgan fingerprint density at radius 3 is 2.19 bits per heavy atom. The van der Waals surface area contributed by atoms with E-state index in [1.165, 1.54) is 11.3 Å². The van der Waals surface area contributed by atoms with Crippen molar-refractivity contribution in [3.63, 3.8) is 0 Å². The maximum absolute atomic E-state index is 13.9. The molecule has 7 unspecified atom stereocenters. The fourth-order valence-corrected chi connectivity index (χ4v) is 8.29. The van der Waals surface area contributed by atoms with Crippen molar-refractivity contribution in [2.75, 3.05) is 6.54 Å². The molecule has 1 aliphatic heterocycles. The van der Waals surface area contributed by atoms with Crippen LogP contribution < -0.4 is 21.7 Å². The molecule has 3 aliphatic carbocycles. The van der Waals surface area contributed by atoms with Crippen molar-refractivity contribution in [3.05, 3.63) is 0 Å². The van der Waals surface area contributed by atoms with E-state index in [4.69, 9.17) is 5.73 Å². The van der Waals surface area contributed by atoms with Crippen LogP contribution in [0.3, 0.4) is 0 Å². The zero-order chi connectivity index (χ0) is 34.2. The van der Waals surface area contributed by atoms with Gasteiger partial charge in [0.1, 0.15) is 5.78 Å². The average molecular weight is 662 g/mol.